The second-order valence-corrected chi connectivity index (χ2v) is 4.51. The van der Waals surface area contributed by atoms with Crippen molar-refractivity contribution >= 4 is 16.6 Å². The molecular formula is C14H17FN2O. The molecule has 0 saturated heterocycles. The van der Waals surface area contributed by atoms with E-state index in [1.165, 1.54) is 6.07 Å². The number of pyridine rings is 1. The molecule has 2 rings (SSSR count). The van der Waals surface area contributed by atoms with Crippen LogP contribution >= 0.6 is 0 Å². The Labute approximate surface area is 106 Å². The minimum atomic E-state index is -0.344. The van der Waals surface area contributed by atoms with Crippen molar-refractivity contribution in [2.75, 3.05) is 11.9 Å². The Bertz CT molecular complexity index is 555. The summed E-state index contributed by atoms with van der Waals surface area (Å²) in [5.74, 6) is -0.310. The molecule has 1 unspecified atom stereocenters. The molecule has 0 amide bonds. The standard InChI is InChI=1S/C14H17FN2O/c1-9-8-13(16-7-6-10(2)18)11-4-3-5-12(15)14(11)17-9/h3-5,8,10,18H,6-7H2,1-2H3,(H,16,17). The van der Waals surface area contributed by atoms with E-state index < -0.39 is 0 Å². The highest BCUT2D eigenvalue weighted by molar-refractivity contribution is 5.91. The summed E-state index contributed by atoms with van der Waals surface area (Å²) >= 11 is 0. The first-order chi connectivity index (χ1) is 8.58. The maximum atomic E-state index is 13.7. The van der Waals surface area contributed by atoms with Gasteiger partial charge in [-0.2, -0.15) is 0 Å². The summed E-state index contributed by atoms with van der Waals surface area (Å²) < 4.78 is 13.7. The van der Waals surface area contributed by atoms with Gasteiger partial charge >= 0.3 is 0 Å². The second-order valence-electron chi connectivity index (χ2n) is 4.51. The van der Waals surface area contributed by atoms with Crippen molar-refractivity contribution < 1.29 is 9.50 Å². The average Bonchev–Trinajstić information content (AvgIpc) is 2.30. The molecule has 18 heavy (non-hydrogen) atoms. The first kappa shape index (κ1) is 12.8. The predicted octanol–water partition coefficient (Wildman–Crippen LogP) is 2.87. The molecule has 2 N–H and O–H groups in total. The van der Waals surface area contributed by atoms with Gasteiger partial charge in [-0.3, -0.25) is 0 Å². The number of rotatable bonds is 4. The first-order valence-corrected chi connectivity index (χ1v) is 6.05. The lowest BCUT2D eigenvalue weighted by Crippen LogP contribution is -2.10. The van der Waals surface area contributed by atoms with Crippen LogP contribution in [0.5, 0.6) is 0 Å². The third-order valence-corrected chi connectivity index (χ3v) is 2.80. The van der Waals surface area contributed by atoms with Gasteiger partial charge in [-0.25, -0.2) is 9.37 Å². The lowest BCUT2D eigenvalue weighted by molar-refractivity contribution is 0.189. The van der Waals surface area contributed by atoms with Gasteiger partial charge in [-0.1, -0.05) is 12.1 Å². The summed E-state index contributed by atoms with van der Waals surface area (Å²) in [5, 5.41) is 13.2. The maximum absolute atomic E-state index is 13.7. The van der Waals surface area contributed by atoms with Crippen molar-refractivity contribution in [1.82, 2.24) is 4.98 Å². The molecule has 2 aromatic rings. The van der Waals surface area contributed by atoms with E-state index in [0.717, 1.165) is 16.8 Å². The quantitative estimate of drug-likeness (QED) is 0.874. The third-order valence-electron chi connectivity index (χ3n) is 2.80. The molecule has 0 spiro atoms. The number of aromatic nitrogens is 1. The lowest BCUT2D eigenvalue weighted by atomic mass is 10.1. The normalized spacial score (nSPS) is 12.7. The topological polar surface area (TPSA) is 45.1 Å². The highest BCUT2D eigenvalue weighted by atomic mass is 19.1. The van der Waals surface area contributed by atoms with Crippen LogP contribution in [0.2, 0.25) is 0 Å². The number of benzene rings is 1. The predicted molar refractivity (Wildman–Crippen MR) is 71.2 cm³/mol. The van der Waals surface area contributed by atoms with Gasteiger partial charge in [0.1, 0.15) is 11.3 Å². The Morgan fingerprint density at radius 3 is 2.94 bits per heavy atom. The van der Waals surface area contributed by atoms with Crippen LogP contribution in [0.25, 0.3) is 10.9 Å². The van der Waals surface area contributed by atoms with Crippen molar-refractivity contribution in [3.05, 3.63) is 35.8 Å². The Morgan fingerprint density at radius 2 is 2.22 bits per heavy atom. The zero-order valence-electron chi connectivity index (χ0n) is 10.6. The van der Waals surface area contributed by atoms with Gasteiger partial charge in [0.05, 0.1) is 6.10 Å². The van der Waals surface area contributed by atoms with E-state index in [1.54, 1.807) is 13.0 Å². The molecule has 0 saturated carbocycles. The van der Waals surface area contributed by atoms with Crippen LogP contribution in [0.15, 0.2) is 24.3 Å². The molecule has 1 aromatic heterocycles. The number of aryl methyl sites for hydroxylation is 1. The summed E-state index contributed by atoms with van der Waals surface area (Å²) in [7, 11) is 0. The van der Waals surface area contributed by atoms with E-state index in [1.807, 2.05) is 19.1 Å². The number of aliphatic hydroxyl groups is 1. The number of anilines is 1. The number of para-hydroxylation sites is 1. The van der Waals surface area contributed by atoms with E-state index in [2.05, 4.69) is 10.3 Å². The molecule has 1 heterocycles. The van der Waals surface area contributed by atoms with Gasteiger partial charge in [-0.05, 0) is 32.4 Å². The van der Waals surface area contributed by atoms with Crippen molar-refractivity contribution in [3.8, 4) is 0 Å². The molecule has 0 fully saturated rings. The number of halogens is 1. The molecular weight excluding hydrogens is 231 g/mol. The number of fused-ring (bicyclic) bond motifs is 1. The van der Waals surface area contributed by atoms with E-state index in [4.69, 9.17) is 0 Å². The van der Waals surface area contributed by atoms with Crippen LogP contribution < -0.4 is 5.32 Å². The van der Waals surface area contributed by atoms with Gasteiger partial charge in [0.2, 0.25) is 0 Å². The van der Waals surface area contributed by atoms with Gasteiger partial charge in [0.25, 0.3) is 0 Å². The summed E-state index contributed by atoms with van der Waals surface area (Å²) in [4.78, 5) is 4.21. The Balaban J connectivity index is 2.34. The fourth-order valence-corrected chi connectivity index (χ4v) is 1.90. The number of hydrogen-bond acceptors (Lipinski definition) is 3. The molecule has 96 valence electrons. The van der Waals surface area contributed by atoms with Crippen molar-refractivity contribution in [2.45, 2.75) is 26.4 Å². The fraction of sp³-hybridized carbons (Fsp3) is 0.357. The largest absolute Gasteiger partial charge is 0.393 e. The molecule has 1 aromatic carbocycles. The van der Waals surface area contributed by atoms with Crippen molar-refractivity contribution in [1.29, 1.82) is 0 Å². The molecule has 0 aliphatic rings. The average molecular weight is 248 g/mol. The molecule has 1 atom stereocenters. The minimum Gasteiger partial charge on any atom is -0.393 e. The summed E-state index contributed by atoms with van der Waals surface area (Å²) in [6.07, 6.45) is 0.307. The highest BCUT2D eigenvalue weighted by Crippen LogP contribution is 2.24. The fourth-order valence-electron chi connectivity index (χ4n) is 1.90. The number of aliphatic hydroxyl groups excluding tert-OH is 1. The Hall–Kier alpha value is -1.68. The van der Waals surface area contributed by atoms with Gasteiger partial charge < -0.3 is 10.4 Å². The van der Waals surface area contributed by atoms with Gasteiger partial charge in [0, 0.05) is 23.3 Å². The highest BCUT2D eigenvalue weighted by Gasteiger charge is 2.07. The zero-order valence-corrected chi connectivity index (χ0v) is 10.6. The van der Waals surface area contributed by atoms with Crippen molar-refractivity contribution in [3.63, 3.8) is 0 Å². The minimum absolute atomic E-state index is 0.310. The molecule has 0 radical (unpaired) electrons. The molecule has 3 nitrogen and oxygen atoms in total. The summed E-state index contributed by atoms with van der Waals surface area (Å²) in [6, 6.07) is 6.82. The Kier molecular flexibility index (Phi) is 3.77. The third kappa shape index (κ3) is 2.76. The molecule has 0 aliphatic carbocycles. The van der Waals surface area contributed by atoms with E-state index in [9.17, 15) is 9.50 Å². The number of nitrogens with zero attached hydrogens (tertiary/aromatic N) is 1. The maximum Gasteiger partial charge on any atom is 0.149 e. The van der Waals surface area contributed by atoms with Crippen LogP contribution in [0, 0.1) is 12.7 Å². The monoisotopic (exact) mass is 248 g/mol. The lowest BCUT2D eigenvalue weighted by Gasteiger charge is -2.11. The van der Waals surface area contributed by atoms with Crippen LogP contribution in [0.3, 0.4) is 0 Å². The SMILES string of the molecule is Cc1cc(NCCC(C)O)c2cccc(F)c2n1. The Morgan fingerprint density at radius 1 is 1.44 bits per heavy atom. The summed E-state index contributed by atoms with van der Waals surface area (Å²) in [5.41, 5.74) is 2.02. The number of hydrogen-bond donors (Lipinski definition) is 2. The van der Waals surface area contributed by atoms with Crippen LogP contribution in [-0.2, 0) is 0 Å². The van der Waals surface area contributed by atoms with Crippen LogP contribution in [-0.4, -0.2) is 22.7 Å². The molecule has 4 heteroatoms. The first-order valence-electron chi connectivity index (χ1n) is 6.05. The molecule has 0 aliphatic heterocycles. The van der Waals surface area contributed by atoms with Crippen molar-refractivity contribution in [2.24, 2.45) is 0 Å². The second kappa shape index (κ2) is 5.31. The number of nitrogens with one attached hydrogen (secondary N) is 1. The smallest absolute Gasteiger partial charge is 0.149 e. The van der Waals surface area contributed by atoms with E-state index in [-0.39, 0.29) is 11.9 Å². The van der Waals surface area contributed by atoms with E-state index >= 15 is 0 Å². The molecule has 0 bridgehead atoms. The van der Waals surface area contributed by atoms with Gasteiger partial charge in [0.15, 0.2) is 0 Å². The zero-order chi connectivity index (χ0) is 13.1. The van der Waals surface area contributed by atoms with E-state index in [0.29, 0.717) is 18.5 Å². The van der Waals surface area contributed by atoms with Crippen LogP contribution in [0.4, 0.5) is 10.1 Å². The van der Waals surface area contributed by atoms with Crippen LogP contribution in [0.1, 0.15) is 19.0 Å². The van der Waals surface area contributed by atoms with Gasteiger partial charge in [-0.15, -0.1) is 0 Å². The summed E-state index contributed by atoms with van der Waals surface area (Å²) in [6.45, 7) is 4.23.